The third kappa shape index (κ3) is 4.35. The van der Waals surface area contributed by atoms with Crippen LogP contribution >= 0.6 is 0 Å². The molecule has 0 aromatic carbocycles. The lowest BCUT2D eigenvalue weighted by Crippen LogP contribution is -2.32. The Morgan fingerprint density at radius 1 is 1.56 bits per heavy atom. The standard InChI is InChI=1S/C13H23NO2/c1-4-14(10-11(2)3)13(15)8-7-12-6-5-9-16-12/h12H,2,4-10H2,1,3H3/t12-/m1/s1. The van der Waals surface area contributed by atoms with Gasteiger partial charge in [0.05, 0.1) is 6.10 Å². The fourth-order valence-electron chi connectivity index (χ4n) is 2.02. The first-order valence-electron chi connectivity index (χ1n) is 6.17. The predicted octanol–water partition coefficient (Wildman–Crippen LogP) is 2.37. The van der Waals surface area contributed by atoms with E-state index in [0.717, 1.165) is 38.0 Å². The highest BCUT2D eigenvalue weighted by atomic mass is 16.5. The van der Waals surface area contributed by atoms with Gasteiger partial charge in [-0.05, 0) is 33.1 Å². The van der Waals surface area contributed by atoms with Gasteiger partial charge in [-0.3, -0.25) is 4.79 Å². The lowest BCUT2D eigenvalue weighted by Gasteiger charge is -2.21. The molecule has 1 amide bonds. The number of carbonyl (C=O) groups excluding carboxylic acids is 1. The van der Waals surface area contributed by atoms with E-state index in [1.807, 2.05) is 18.7 Å². The molecular formula is C13H23NO2. The van der Waals surface area contributed by atoms with Crippen LogP contribution in [0.25, 0.3) is 0 Å². The van der Waals surface area contributed by atoms with E-state index < -0.39 is 0 Å². The molecule has 0 saturated carbocycles. The molecule has 0 unspecified atom stereocenters. The topological polar surface area (TPSA) is 29.5 Å². The predicted molar refractivity (Wildman–Crippen MR) is 65.3 cm³/mol. The number of ether oxygens (including phenoxy) is 1. The third-order valence-electron chi connectivity index (χ3n) is 2.90. The Morgan fingerprint density at radius 3 is 2.81 bits per heavy atom. The third-order valence-corrected chi connectivity index (χ3v) is 2.90. The normalized spacial score (nSPS) is 19.8. The molecule has 0 spiro atoms. The van der Waals surface area contributed by atoms with E-state index in [9.17, 15) is 4.79 Å². The number of hydrogen-bond acceptors (Lipinski definition) is 2. The summed E-state index contributed by atoms with van der Waals surface area (Å²) in [6, 6.07) is 0. The molecule has 1 aliphatic rings. The van der Waals surface area contributed by atoms with Crippen LogP contribution in [-0.2, 0) is 9.53 Å². The highest BCUT2D eigenvalue weighted by Crippen LogP contribution is 2.17. The Morgan fingerprint density at radius 2 is 2.31 bits per heavy atom. The van der Waals surface area contributed by atoms with E-state index in [4.69, 9.17) is 4.74 Å². The number of nitrogens with zero attached hydrogens (tertiary/aromatic N) is 1. The van der Waals surface area contributed by atoms with Gasteiger partial charge < -0.3 is 9.64 Å². The van der Waals surface area contributed by atoms with Crippen LogP contribution in [-0.4, -0.2) is 36.6 Å². The second-order valence-corrected chi connectivity index (χ2v) is 4.54. The van der Waals surface area contributed by atoms with Crippen LogP contribution in [0.5, 0.6) is 0 Å². The first-order chi connectivity index (χ1) is 7.63. The van der Waals surface area contributed by atoms with Crippen molar-refractivity contribution < 1.29 is 9.53 Å². The number of amides is 1. The summed E-state index contributed by atoms with van der Waals surface area (Å²) in [5.74, 6) is 0.223. The van der Waals surface area contributed by atoms with E-state index in [1.165, 1.54) is 0 Å². The molecule has 0 bridgehead atoms. The van der Waals surface area contributed by atoms with Gasteiger partial charge in [-0.2, -0.15) is 0 Å². The number of hydrogen-bond donors (Lipinski definition) is 0. The molecule has 3 heteroatoms. The molecule has 1 saturated heterocycles. The van der Waals surface area contributed by atoms with Gasteiger partial charge >= 0.3 is 0 Å². The SMILES string of the molecule is C=C(C)CN(CC)C(=O)CC[C@H]1CCCO1. The summed E-state index contributed by atoms with van der Waals surface area (Å²) in [7, 11) is 0. The van der Waals surface area contributed by atoms with Crippen molar-refractivity contribution in [3.8, 4) is 0 Å². The summed E-state index contributed by atoms with van der Waals surface area (Å²) in [4.78, 5) is 13.8. The quantitative estimate of drug-likeness (QED) is 0.649. The fraction of sp³-hybridized carbons (Fsp3) is 0.769. The minimum Gasteiger partial charge on any atom is -0.378 e. The van der Waals surface area contributed by atoms with Crippen molar-refractivity contribution in [2.24, 2.45) is 0 Å². The maximum absolute atomic E-state index is 11.9. The van der Waals surface area contributed by atoms with Gasteiger partial charge in [-0.1, -0.05) is 12.2 Å². The second-order valence-electron chi connectivity index (χ2n) is 4.54. The Balaban J connectivity index is 2.28. The van der Waals surface area contributed by atoms with Gasteiger partial charge in [0.25, 0.3) is 0 Å². The summed E-state index contributed by atoms with van der Waals surface area (Å²) < 4.78 is 5.51. The van der Waals surface area contributed by atoms with Crippen molar-refractivity contribution in [1.82, 2.24) is 4.90 Å². The van der Waals surface area contributed by atoms with Gasteiger partial charge in [0.1, 0.15) is 0 Å². The largest absolute Gasteiger partial charge is 0.378 e. The van der Waals surface area contributed by atoms with Gasteiger partial charge in [-0.15, -0.1) is 0 Å². The minimum absolute atomic E-state index is 0.223. The van der Waals surface area contributed by atoms with Crippen LogP contribution in [0.15, 0.2) is 12.2 Å². The smallest absolute Gasteiger partial charge is 0.222 e. The molecule has 0 aliphatic carbocycles. The van der Waals surface area contributed by atoms with Crippen molar-refractivity contribution in [2.75, 3.05) is 19.7 Å². The Hall–Kier alpha value is -0.830. The molecule has 1 heterocycles. The first-order valence-corrected chi connectivity index (χ1v) is 6.17. The highest BCUT2D eigenvalue weighted by molar-refractivity contribution is 5.76. The van der Waals surface area contributed by atoms with Gasteiger partial charge in [0.15, 0.2) is 0 Å². The van der Waals surface area contributed by atoms with Gasteiger partial charge in [0, 0.05) is 26.1 Å². The maximum Gasteiger partial charge on any atom is 0.222 e. The molecule has 0 N–H and O–H groups in total. The van der Waals surface area contributed by atoms with Crippen LogP contribution in [0.4, 0.5) is 0 Å². The zero-order chi connectivity index (χ0) is 12.0. The van der Waals surface area contributed by atoms with E-state index >= 15 is 0 Å². The van der Waals surface area contributed by atoms with Crippen molar-refractivity contribution in [2.45, 2.75) is 45.6 Å². The summed E-state index contributed by atoms with van der Waals surface area (Å²) >= 11 is 0. The maximum atomic E-state index is 11.9. The molecule has 1 atom stereocenters. The number of carbonyl (C=O) groups is 1. The average molecular weight is 225 g/mol. The highest BCUT2D eigenvalue weighted by Gasteiger charge is 2.18. The zero-order valence-electron chi connectivity index (χ0n) is 10.5. The van der Waals surface area contributed by atoms with Crippen LogP contribution in [0.3, 0.4) is 0 Å². The van der Waals surface area contributed by atoms with E-state index in [1.54, 1.807) is 0 Å². The lowest BCUT2D eigenvalue weighted by molar-refractivity contribution is -0.131. The van der Waals surface area contributed by atoms with Crippen LogP contribution < -0.4 is 0 Å². The zero-order valence-corrected chi connectivity index (χ0v) is 10.5. The average Bonchev–Trinajstić information content (AvgIpc) is 2.75. The summed E-state index contributed by atoms with van der Waals surface area (Å²) in [6.45, 7) is 10.1. The molecule has 1 aliphatic heterocycles. The van der Waals surface area contributed by atoms with E-state index in [2.05, 4.69) is 6.58 Å². The molecule has 16 heavy (non-hydrogen) atoms. The summed E-state index contributed by atoms with van der Waals surface area (Å²) in [6.07, 6.45) is 4.03. The van der Waals surface area contributed by atoms with Crippen LogP contribution in [0.2, 0.25) is 0 Å². The molecule has 0 radical (unpaired) electrons. The van der Waals surface area contributed by atoms with Crippen LogP contribution in [0.1, 0.15) is 39.5 Å². The molecule has 1 fully saturated rings. The number of likely N-dealkylation sites (N-methyl/N-ethyl adjacent to an activating group) is 1. The Bertz CT molecular complexity index is 244. The molecule has 92 valence electrons. The fourth-order valence-corrected chi connectivity index (χ4v) is 2.02. The van der Waals surface area contributed by atoms with E-state index in [-0.39, 0.29) is 5.91 Å². The van der Waals surface area contributed by atoms with Crippen molar-refractivity contribution in [3.05, 3.63) is 12.2 Å². The molecule has 3 nitrogen and oxygen atoms in total. The van der Waals surface area contributed by atoms with Gasteiger partial charge in [0.2, 0.25) is 5.91 Å². The summed E-state index contributed by atoms with van der Waals surface area (Å²) in [5.41, 5.74) is 1.03. The van der Waals surface area contributed by atoms with Crippen molar-refractivity contribution in [3.63, 3.8) is 0 Å². The number of rotatable bonds is 6. The Labute approximate surface area is 98.5 Å². The monoisotopic (exact) mass is 225 g/mol. The summed E-state index contributed by atoms with van der Waals surface area (Å²) in [5, 5.41) is 0. The van der Waals surface area contributed by atoms with E-state index in [0.29, 0.717) is 19.1 Å². The lowest BCUT2D eigenvalue weighted by atomic mass is 10.1. The molecule has 1 rings (SSSR count). The minimum atomic E-state index is 0.223. The first kappa shape index (κ1) is 13.2. The molecule has 0 aromatic rings. The van der Waals surface area contributed by atoms with Crippen LogP contribution in [0, 0.1) is 0 Å². The Kier molecular flexibility index (Phi) is 5.53. The van der Waals surface area contributed by atoms with Crippen molar-refractivity contribution in [1.29, 1.82) is 0 Å². The van der Waals surface area contributed by atoms with Crippen molar-refractivity contribution >= 4 is 5.91 Å². The molecule has 0 aromatic heterocycles. The van der Waals surface area contributed by atoms with Gasteiger partial charge in [-0.25, -0.2) is 0 Å². The second kappa shape index (κ2) is 6.69. The molecular weight excluding hydrogens is 202 g/mol.